The molecule has 2 unspecified atom stereocenters. The van der Waals surface area contributed by atoms with Gasteiger partial charge in [-0.15, -0.1) is 10.2 Å². The highest BCUT2D eigenvalue weighted by molar-refractivity contribution is 7.99. The van der Waals surface area contributed by atoms with Crippen LogP contribution < -0.4 is 5.32 Å². The molecular weight excluding hydrogens is 220 g/mol. The lowest BCUT2D eigenvalue weighted by molar-refractivity contribution is 0.355. The van der Waals surface area contributed by atoms with E-state index in [-0.39, 0.29) is 0 Å². The first-order valence-corrected chi connectivity index (χ1v) is 7.23. The van der Waals surface area contributed by atoms with Crippen molar-refractivity contribution in [3.8, 4) is 0 Å². The summed E-state index contributed by atoms with van der Waals surface area (Å²) in [5.41, 5.74) is 0. The molecule has 1 aromatic heterocycles. The highest BCUT2D eigenvalue weighted by Crippen LogP contribution is 2.27. The van der Waals surface area contributed by atoms with Gasteiger partial charge in [0.2, 0.25) is 0 Å². The molecule has 0 aromatic carbocycles. The summed E-state index contributed by atoms with van der Waals surface area (Å²) < 4.78 is 2.27. The summed E-state index contributed by atoms with van der Waals surface area (Å²) in [4.78, 5) is 0. The lowest BCUT2D eigenvalue weighted by Gasteiger charge is -2.26. The Morgan fingerprint density at radius 3 is 3.12 bits per heavy atom. The molecule has 2 aliphatic rings. The summed E-state index contributed by atoms with van der Waals surface area (Å²) >= 11 is 2.05. The Morgan fingerprint density at radius 2 is 2.31 bits per heavy atom. The Kier molecular flexibility index (Phi) is 2.90. The third-order valence-electron chi connectivity index (χ3n) is 3.52. The molecule has 0 saturated carbocycles. The van der Waals surface area contributed by atoms with Crippen LogP contribution in [0.15, 0.2) is 0 Å². The quantitative estimate of drug-likeness (QED) is 0.848. The van der Waals surface area contributed by atoms with Crippen molar-refractivity contribution in [2.75, 3.05) is 11.5 Å². The van der Waals surface area contributed by atoms with Gasteiger partial charge < -0.3 is 9.88 Å². The van der Waals surface area contributed by atoms with Gasteiger partial charge in [0.05, 0.1) is 6.04 Å². The third-order valence-corrected chi connectivity index (χ3v) is 4.68. The Hall–Kier alpha value is -0.550. The molecule has 1 saturated heterocycles. The van der Waals surface area contributed by atoms with E-state index < -0.39 is 0 Å². The number of nitrogens with zero attached hydrogens (tertiary/aromatic N) is 3. The first-order valence-electron chi connectivity index (χ1n) is 6.08. The van der Waals surface area contributed by atoms with E-state index in [2.05, 4.69) is 31.8 Å². The predicted molar refractivity (Wildman–Crippen MR) is 65.6 cm³/mol. The number of fused-ring (bicyclic) bond motifs is 1. The second-order valence-corrected chi connectivity index (χ2v) is 5.83. The molecule has 3 heterocycles. The summed E-state index contributed by atoms with van der Waals surface area (Å²) in [6.07, 6.45) is 3.75. The predicted octanol–water partition coefficient (Wildman–Crippen LogP) is 1.52. The Balaban J connectivity index is 1.76. The van der Waals surface area contributed by atoms with Crippen molar-refractivity contribution in [3.05, 3.63) is 11.6 Å². The van der Waals surface area contributed by atoms with Gasteiger partial charge in [0.1, 0.15) is 11.6 Å². The number of thioether (sulfide) groups is 1. The van der Waals surface area contributed by atoms with Gasteiger partial charge in [0, 0.05) is 18.3 Å². The second kappa shape index (κ2) is 4.37. The smallest absolute Gasteiger partial charge is 0.150 e. The van der Waals surface area contributed by atoms with E-state index in [9.17, 15) is 0 Å². The zero-order chi connectivity index (χ0) is 11.0. The molecule has 1 fully saturated rings. The normalized spacial score (nSPS) is 29.3. The van der Waals surface area contributed by atoms with Crippen molar-refractivity contribution in [1.29, 1.82) is 0 Å². The van der Waals surface area contributed by atoms with Gasteiger partial charge in [-0.2, -0.15) is 11.8 Å². The minimum absolute atomic E-state index is 0.429. The second-order valence-electron chi connectivity index (χ2n) is 4.68. The van der Waals surface area contributed by atoms with Crippen molar-refractivity contribution in [1.82, 2.24) is 20.1 Å². The van der Waals surface area contributed by atoms with E-state index in [4.69, 9.17) is 0 Å². The molecule has 0 aliphatic carbocycles. The van der Waals surface area contributed by atoms with Crippen LogP contribution in [0, 0.1) is 6.92 Å². The van der Waals surface area contributed by atoms with Crippen molar-refractivity contribution in [3.63, 3.8) is 0 Å². The Bertz CT molecular complexity index is 370. The molecule has 3 rings (SSSR count). The lowest BCUT2D eigenvalue weighted by Crippen LogP contribution is -2.36. The molecule has 2 atom stereocenters. The maximum absolute atomic E-state index is 4.32. The van der Waals surface area contributed by atoms with Gasteiger partial charge in [-0.25, -0.2) is 0 Å². The van der Waals surface area contributed by atoms with Gasteiger partial charge in [-0.1, -0.05) is 0 Å². The number of nitrogens with one attached hydrogen (secondary N) is 1. The molecule has 4 nitrogen and oxygen atoms in total. The van der Waals surface area contributed by atoms with Crippen molar-refractivity contribution >= 4 is 11.8 Å². The topological polar surface area (TPSA) is 42.7 Å². The van der Waals surface area contributed by atoms with Gasteiger partial charge in [-0.3, -0.25) is 0 Å². The standard InChI is InChI=1S/C11H18N4S/c1-8-13-14-11-10(3-2-5-15(8)11)12-9-4-6-16-7-9/h9-10,12H,2-7H2,1H3. The summed E-state index contributed by atoms with van der Waals surface area (Å²) in [7, 11) is 0. The van der Waals surface area contributed by atoms with Crippen LogP contribution >= 0.6 is 11.8 Å². The molecule has 1 N–H and O–H groups in total. The molecule has 0 radical (unpaired) electrons. The maximum Gasteiger partial charge on any atom is 0.150 e. The molecular formula is C11H18N4S. The van der Waals surface area contributed by atoms with E-state index in [1.54, 1.807) is 0 Å². The van der Waals surface area contributed by atoms with E-state index in [1.165, 1.54) is 30.8 Å². The van der Waals surface area contributed by atoms with Crippen LogP contribution in [0.2, 0.25) is 0 Å². The van der Waals surface area contributed by atoms with Crippen LogP contribution in [0.5, 0.6) is 0 Å². The van der Waals surface area contributed by atoms with E-state index in [1.807, 2.05) is 6.92 Å². The van der Waals surface area contributed by atoms with Crippen LogP contribution in [0.25, 0.3) is 0 Å². The van der Waals surface area contributed by atoms with Gasteiger partial charge in [-0.05, 0) is 31.9 Å². The van der Waals surface area contributed by atoms with Crippen molar-refractivity contribution < 1.29 is 0 Å². The average Bonchev–Trinajstić information content (AvgIpc) is 2.90. The molecule has 16 heavy (non-hydrogen) atoms. The summed E-state index contributed by atoms with van der Waals surface area (Å²) in [6, 6.07) is 1.11. The van der Waals surface area contributed by atoms with E-state index in [0.29, 0.717) is 12.1 Å². The molecule has 5 heteroatoms. The lowest BCUT2D eigenvalue weighted by atomic mass is 10.1. The molecule has 0 spiro atoms. The van der Waals surface area contributed by atoms with Crippen LogP contribution in [0.3, 0.4) is 0 Å². The zero-order valence-electron chi connectivity index (χ0n) is 9.65. The average molecular weight is 238 g/mol. The fourth-order valence-electron chi connectivity index (χ4n) is 2.62. The van der Waals surface area contributed by atoms with E-state index >= 15 is 0 Å². The zero-order valence-corrected chi connectivity index (χ0v) is 10.5. The first kappa shape index (κ1) is 10.6. The summed E-state index contributed by atoms with van der Waals surface area (Å²) in [5, 5.41) is 12.3. The van der Waals surface area contributed by atoms with Crippen LogP contribution in [-0.2, 0) is 6.54 Å². The molecule has 0 bridgehead atoms. The number of hydrogen-bond acceptors (Lipinski definition) is 4. The van der Waals surface area contributed by atoms with Crippen LogP contribution in [0.4, 0.5) is 0 Å². The van der Waals surface area contributed by atoms with Gasteiger partial charge in [0.25, 0.3) is 0 Å². The first-order chi connectivity index (χ1) is 7.84. The summed E-state index contributed by atoms with van der Waals surface area (Å²) in [6.45, 7) is 3.13. The third kappa shape index (κ3) is 1.86. The number of aryl methyl sites for hydroxylation is 1. The van der Waals surface area contributed by atoms with E-state index in [0.717, 1.165) is 18.2 Å². The monoisotopic (exact) mass is 238 g/mol. The fourth-order valence-corrected chi connectivity index (χ4v) is 3.79. The molecule has 1 aromatic rings. The molecule has 2 aliphatic heterocycles. The fraction of sp³-hybridized carbons (Fsp3) is 0.818. The highest BCUT2D eigenvalue weighted by Gasteiger charge is 2.27. The van der Waals surface area contributed by atoms with Crippen molar-refractivity contribution in [2.45, 2.75) is 44.8 Å². The number of rotatable bonds is 2. The van der Waals surface area contributed by atoms with Crippen LogP contribution in [0.1, 0.15) is 37.0 Å². The Morgan fingerprint density at radius 1 is 1.38 bits per heavy atom. The largest absolute Gasteiger partial charge is 0.314 e. The maximum atomic E-state index is 4.32. The Labute approximate surface area is 100 Å². The summed E-state index contributed by atoms with van der Waals surface area (Å²) in [5.74, 6) is 4.77. The van der Waals surface area contributed by atoms with Crippen molar-refractivity contribution in [2.24, 2.45) is 0 Å². The number of aromatic nitrogens is 3. The minimum Gasteiger partial charge on any atom is -0.314 e. The highest BCUT2D eigenvalue weighted by atomic mass is 32.2. The SMILES string of the molecule is Cc1nnc2n1CCCC2NC1CCSC1. The van der Waals surface area contributed by atoms with Crippen LogP contribution in [-0.4, -0.2) is 32.3 Å². The van der Waals surface area contributed by atoms with Gasteiger partial charge >= 0.3 is 0 Å². The molecule has 88 valence electrons. The van der Waals surface area contributed by atoms with Gasteiger partial charge in [0.15, 0.2) is 0 Å². The molecule has 0 amide bonds. The minimum atomic E-state index is 0.429. The number of hydrogen-bond donors (Lipinski definition) is 1.